The lowest BCUT2D eigenvalue weighted by molar-refractivity contribution is 0.598. The Bertz CT molecular complexity index is 36.0. The molecule has 0 amide bonds. The molecule has 0 N–H and O–H groups in total. The lowest BCUT2D eigenvalue weighted by Crippen LogP contribution is -1.93. The van der Waals surface area contributed by atoms with Crippen LogP contribution in [0.2, 0.25) is 0 Å². The van der Waals surface area contributed by atoms with Crippen LogP contribution in [0, 0.1) is 25.2 Å². The molecule has 1 atom stereocenters. The van der Waals surface area contributed by atoms with Gasteiger partial charge in [0.15, 0.2) is 0 Å². The molecule has 0 heteroatoms. The monoisotopic (exact) mass is 112 g/mol. The fourth-order valence-corrected chi connectivity index (χ4v) is 0.504. The number of hydrogen-bond acceptors (Lipinski definition) is 0. The van der Waals surface area contributed by atoms with Gasteiger partial charge in [0.1, 0.15) is 0 Å². The molecule has 0 aliphatic heterocycles. The molecular weight excluding hydrogens is 96.1 g/mol. The Hall–Kier alpha value is 0. The molecule has 0 bridgehead atoms. The molecule has 0 heterocycles. The van der Waals surface area contributed by atoms with Crippen LogP contribution in [0.3, 0.4) is 0 Å². The molecule has 0 saturated heterocycles. The van der Waals surface area contributed by atoms with Gasteiger partial charge >= 0.3 is 0 Å². The zero-order valence-corrected chi connectivity index (χ0v) is 6.15. The molecule has 0 aromatic carbocycles. The summed E-state index contributed by atoms with van der Waals surface area (Å²) in [5.41, 5.74) is 0. The van der Waals surface area contributed by atoms with Gasteiger partial charge in [-0.3, -0.25) is 0 Å². The van der Waals surface area contributed by atoms with E-state index in [0.29, 0.717) is 5.92 Å². The van der Waals surface area contributed by atoms with E-state index in [2.05, 4.69) is 34.1 Å². The summed E-state index contributed by atoms with van der Waals surface area (Å²) in [6.07, 6.45) is 3.45. The van der Waals surface area contributed by atoms with Crippen LogP contribution < -0.4 is 0 Å². The smallest absolute Gasteiger partial charge is 0.0355 e. The minimum atomic E-state index is 0.511. The number of hydrogen-bond donors (Lipinski definition) is 0. The van der Waals surface area contributed by atoms with Gasteiger partial charge in [0.2, 0.25) is 0 Å². The van der Waals surface area contributed by atoms with Gasteiger partial charge in [-0.05, 0) is 24.7 Å². The zero-order valence-electron chi connectivity index (χ0n) is 6.15. The van der Waals surface area contributed by atoms with Crippen molar-refractivity contribution < 1.29 is 0 Å². The van der Waals surface area contributed by atoms with E-state index in [-0.39, 0.29) is 0 Å². The van der Waals surface area contributed by atoms with Crippen molar-refractivity contribution >= 4 is 0 Å². The maximum Gasteiger partial charge on any atom is -0.0355 e. The van der Waals surface area contributed by atoms with Crippen LogP contribution in [0.4, 0.5) is 0 Å². The van der Waals surface area contributed by atoms with Gasteiger partial charge in [-0.2, -0.15) is 0 Å². The summed E-state index contributed by atoms with van der Waals surface area (Å²) in [5, 5.41) is 0. The first-order chi connectivity index (χ1) is 3.63. The summed E-state index contributed by atoms with van der Waals surface area (Å²) in [4.78, 5) is 0. The Morgan fingerprint density at radius 1 is 1.38 bits per heavy atom. The molecule has 2 radical (unpaired) electrons. The quantitative estimate of drug-likeness (QED) is 0.526. The highest BCUT2D eigenvalue weighted by atomic mass is 14.0. The topological polar surface area (TPSA) is 0 Å². The Balaban J connectivity index is 2.93. The zero-order chi connectivity index (χ0) is 6.57. The van der Waals surface area contributed by atoms with Gasteiger partial charge in [0, 0.05) is 0 Å². The van der Waals surface area contributed by atoms with Gasteiger partial charge in [-0.15, -0.1) is 0 Å². The fourth-order valence-electron chi connectivity index (χ4n) is 0.504. The van der Waals surface area contributed by atoms with Crippen LogP contribution in [-0.2, 0) is 0 Å². The molecule has 0 spiro atoms. The van der Waals surface area contributed by atoms with Crippen LogP contribution in [0.25, 0.3) is 0 Å². The van der Waals surface area contributed by atoms with Crippen LogP contribution in [-0.4, -0.2) is 0 Å². The molecule has 0 aromatic rings. The van der Waals surface area contributed by atoms with Crippen molar-refractivity contribution in [1.29, 1.82) is 0 Å². The Morgan fingerprint density at radius 3 is 2.00 bits per heavy atom. The molecule has 1 unspecified atom stereocenters. The Kier molecular flexibility index (Phi) is 3.94. The maximum absolute atomic E-state index is 3.85. The molecule has 0 fully saturated rings. The third-order valence-corrected chi connectivity index (χ3v) is 1.01. The van der Waals surface area contributed by atoms with Gasteiger partial charge in [0.25, 0.3) is 0 Å². The Labute approximate surface area is 53.3 Å². The lowest BCUT2D eigenvalue weighted by Gasteiger charge is -2.05. The summed E-state index contributed by atoms with van der Waals surface area (Å²) in [6.45, 7) is 10.4. The molecule has 48 valence electrons. The molecule has 8 heavy (non-hydrogen) atoms. The van der Waals surface area contributed by atoms with Crippen LogP contribution in [0.5, 0.6) is 0 Å². The van der Waals surface area contributed by atoms with E-state index in [4.69, 9.17) is 0 Å². The van der Waals surface area contributed by atoms with E-state index in [1.165, 1.54) is 6.42 Å². The normalized spacial score (nSPS) is 11.2. The Morgan fingerprint density at radius 2 is 1.88 bits per heavy atom. The van der Waals surface area contributed by atoms with Crippen LogP contribution >= 0.6 is 0 Å². The van der Waals surface area contributed by atoms with Crippen molar-refractivity contribution in [1.82, 2.24) is 0 Å². The highest BCUT2D eigenvalue weighted by Crippen LogP contribution is 2.08. The first-order valence-corrected chi connectivity index (χ1v) is 3.29. The fraction of sp³-hybridized carbons (Fsp3) is 0.750. The second-order valence-corrected chi connectivity index (χ2v) is 2.84. The molecule has 0 saturated carbocycles. The van der Waals surface area contributed by atoms with E-state index in [1.54, 1.807) is 0 Å². The van der Waals surface area contributed by atoms with E-state index in [9.17, 15) is 0 Å². The summed E-state index contributed by atoms with van der Waals surface area (Å²) >= 11 is 0. The predicted octanol–water partition coefficient (Wildman–Crippen LogP) is 2.71. The average Bonchev–Trinajstić information content (AvgIpc) is 1.61. The van der Waals surface area contributed by atoms with E-state index in [0.717, 1.165) is 5.92 Å². The molecular formula is C8H16. The minimum absolute atomic E-state index is 0.511. The third-order valence-electron chi connectivity index (χ3n) is 1.01. The summed E-state index contributed by atoms with van der Waals surface area (Å²) in [7, 11) is 0. The van der Waals surface area contributed by atoms with E-state index < -0.39 is 0 Å². The maximum atomic E-state index is 3.85. The molecule has 0 aromatic heterocycles. The number of rotatable bonds is 3. The lowest BCUT2D eigenvalue weighted by atomic mass is 10.0. The van der Waals surface area contributed by atoms with Crippen molar-refractivity contribution in [2.45, 2.75) is 27.2 Å². The highest BCUT2D eigenvalue weighted by molar-refractivity contribution is 4.74. The standard InChI is InChI=1S/C8H16/c1-7(2)5-6-8(3)4/h5,7-8H,1,6H2,2-4H3. The first kappa shape index (κ1) is 8.00. The van der Waals surface area contributed by atoms with Gasteiger partial charge in [0.05, 0.1) is 0 Å². The molecule has 0 nitrogen and oxygen atoms in total. The van der Waals surface area contributed by atoms with Crippen molar-refractivity contribution in [3.05, 3.63) is 13.3 Å². The van der Waals surface area contributed by atoms with Crippen LogP contribution in [0.1, 0.15) is 27.2 Å². The average molecular weight is 112 g/mol. The minimum Gasteiger partial charge on any atom is -0.0628 e. The van der Waals surface area contributed by atoms with Gasteiger partial charge in [-0.25, -0.2) is 0 Å². The second-order valence-electron chi connectivity index (χ2n) is 2.84. The SMILES string of the molecule is [CH2]C(C)[CH]CC(C)C. The largest absolute Gasteiger partial charge is 0.0628 e. The first-order valence-electron chi connectivity index (χ1n) is 3.29. The highest BCUT2D eigenvalue weighted by Gasteiger charge is 1.96. The van der Waals surface area contributed by atoms with Crippen molar-refractivity contribution in [2.24, 2.45) is 11.8 Å². The van der Waals surface area contributed by atoms with Crippen molar-refractivity contribution in [3.8, 4) is 0 Å². The van der Waals surface area contributed by atoms with Gasteiger partial charge in [-0.1, -0.05) is 27.7 Å². The summed E-state index contributed by atoms with van der Waals surface area (Å²) in [5.74, 6) is 1.30. The summed E-state index contributed by atoms with van der Waals surface area (Å²) in [6, 6.07) is 0. The molecule has 0 aliphatic rings. The van der Waals surface area contributed by atoms with Crippen molar-refractivity contribution in [2.75, 3.05) is 0 Å². The van der Waals surface area contributed by atoms with Crippen LogP contribution in [0.15, 0.2) is 0 Å². The van der Waals surface area contributed by atoms with E-state index in [1.807, 2.05) is 0 Å². The second kappa shape index (κ2) is 3.94. The third kappa shape index (κ3) is 6.00. The molecule has 0 aliphatic carbocycles. The van der Waals surface area contributed by atoms with Crippen molar-refractivity contribution in [3.63, 3.8) is 0 Å². The van der Waals surface area contributed by atoms with E-state index >= 15 is 0 Å². The summed E-state index contributed by atoms with van der Waals surface area (Å²) < 4.78 is 0. The molecule has 0 rings (SSSR count). The predicted molar refractivity (Wildman–Crippen MR) is 38.3 cm³/mol. The van der Waals surface area contributed by atoms with Gasteiger partial charge < -0.3 is 0 Å².